The van der Waals surface area contributed by atoms with Gasteiger partial charge in [0.25, 0.3) is 0 Å². The van der Waals surface area contributed by atoms with Gasteiger partial charge in [-0.05, 0) is 32.6 Å². The second kappa shape index (κ2) is 7.03. The summed E-state index contributed by atoms with van der Waals surface area (Å²) in [6.45, 7) is 4.07. The van der Waals surface area contributed by atoms with E-state index in [2.05, 4.69) is 15.0 Å². The average Bonchev–Trinajstić information content (AvgIpc) is 3.33. The molecular formula is C18H23N5O3. The Balaban J connectivity index is 1.63. The van der Waals surface area contributed by atoms with Gasteiger partial charge in [0.2, 0.25) is 11.9 Å². The molecule has 8 nitrogen and oxygen atoms in total. The fourth-order valence-electron chi connectivity index (χ4n) is 3.62. The number of carbonyl (C=O) groups is 1. The van der Waals surface area contributed by atoms with Crippen molar-refractivity contribution in [2.45, 2.75) is 38.7 Å². The molecule has 26 heavy (non-hydrogen) atoms. The molecule has 1 atom stereocenters. The van der Waals surface area contributed by atoms with E-state index in [4.69, 9.17) is 20.0 Å². The fraction of sp³-hybridized carbons (Fsp3) is 0.556. The van der Waals surface area contributed by atoms with Crippen molar-refractivity contribution in [1.82, 2.24) is 15.1 Å². The third-order valence-electron chi connectivity index (χ3n) is 5.11. The summed E-state index contributed by atoms with van der Waals surface area (Å²) < 4.78 is 11.3. The predicted octanol–water partition coefficient (Wildman–Crippen LogP) is 1.99. The fourth-order valence-corrected chi connectivity index (χ4v) is 3.62. The molecule has 2 N–H and O–H groups in total. The molecule has 4 heterocycles. The molecule has 1 amide bonds. The van der Waals surface area contributed by atoms with E-state index in [0.717, 1.165) is 62.3 Å². The molecule has 0 radical (unpaired) electrons. The van der Waals surface area contributed by atoms with Gasteiger partial charge >= 0.3 is 0 Å². The van der Waals surface area contributed by atoms with Crippen molar-refractivity contribution in [1.29, 1.82) is 0 Å². The van der Waals surface area contributed by atoms with Crippen LogP contribution in [0.15, 0.2) is 16.8 Å². The van der Waals surface area contributed by atoms with E-state index in [0.29, 0.717) is 11.7 Å². The Bertz CT molecular complexity index is 792. The van der Waals surface area contributed by atoms with Crippen molar-refractivity contribution in [3.63, 3.8) is 0 Å². The monoisotopic (exact) mass is 357 g/mol. The highest BCUT2D eigenvalue weighted by molar-refractivity contribution is 5.77. The largest absolute Gasteiger partial charge is 0.372 e. The first kappa shape index (κ1) is 17.0. The van der Waals surface area contributed by atoms with Gasteiger partial charge in [0, 0.05) is 37.9 Å². The molecule has 2 fully saturated rings. The summed E-state index contributed by atoms with van der Waals surface area (Å²) in [7, 11) is 0. The second-order valence-electron chi connectivity index (χ2n) is 6.97. The van der Waals surface area contributed by atoms with Crippen LogP contribution >= 0.6 is 0 Å². The highest BCUT2D eigenvalue weighted by Gasteiger charge is 2.28. The van der Waals surface area contributed by atoms with Crippen molar-refractivity contribution in [3.8, 4) is 11.3 Å². The van der Waals surface area contributed by atoms with E-state index in [1.165, 1.54) is 0 Å². The van der Waals surface area contributed by atoms with E-state index in [1.54, 1.807) is 6.20 Å². The number of carbonyl (C=O) groups excluding carboxylic acids is 1. The summed E-state index contributed by atoms with van der Waals surface area (Å²) in [5, 5.41) is 3.97. The van der Waals surface area contributed by atoms with Crippen molar-refractivity contribution >= 4 is 11.9 Å². The zero-order valence-corrected chi connectivity index (χ0v) is 14.9. The maximum Gasteiger partial charge on any atom is 0.225 e. The lowest BCUT2D eigenvalue weighted by atomic mass is 9.96. The third-order valence-corrected chi connectivity index (χ3v) is 5.11. The number of ether oxygens (including phenoxy) is 1. The summed E-state index contributed by atoms with van der Waals surface area (Å²) in [4.78, 5) is 22.8. The van der Waals surface area contributed by atoms with Crippen molar-refractivity contribution < 1.29 is 14.1 Å². The number of piperidine rings is 1. The summed E-state index contributed by atoms with van der Waals surface area (Å²) in [6, 6.07) is 1.88. The number of amides is 1. The van der Waals surface area contributed by atoms with Crippen LogP contribution in [0.2, 0.25) is 0 Å². The third kappa shape index (κ3) is 3.29. The molecule has 138 valence electrons. The lowest BCUT2D eigenvalue weighted by Gasteiger charge is -2.31. The Morgan fingerprint density at radius 3 is 2.73 bits per heavy atom. The van der Waals surface area contributed by atoms with Gasteiger partial charge in [-0.15, -0.1) is 0 Å². The number of hydrogen-bond acceptors (Lipinski definition) is 7. The van der Waals surface area contributed by atoms with Gasteiger partial charge < -0.3 is 19.9 Å². The molecule has 8 heteroatoms. The zero-order chi connectivity index (χ0) is 18.1. The van der Waals surface area contributed by atoms with E-state index >= 15 is 0 Å². The van der Waals surface area contributed by atoms with E-state index in [-0.39, 0.29) is 17.9 Å². The Morgan fingerprint density at radius 2 is 2.12 bits per heavy atom. The van der Waals surface area contributed by atoms with Gasteiger partial charge in [0.05, 0.1) is 17.0 Å². The number of aromatic nitrogens is 3. The summed E-state index contributed by atoms with van der Waals surface area (Å²) >= 11 is 0. The summed E-state index contributed by atoms with van der Waals surface area (Å²) in [5.41, 5.74) is 7.91. The number of primary amides is 1. The number of nitrogens with zero attached hydrogens (tertiary/aromatic N) is 4. The Hall–Kier alpha value is -2.48. The van der Waals surface area contributed by atoms with Crippen LogP contribution in [0.25, 0.3) is 11.3 Å². The molecule has 2 saturated heterocycles. The maximum atomic E-state index is 11.4. The van der Waals surface area contributed by atoms with Gasteiger partial charge in [-0.2, -0.15) is 0 Å². The maximum absolute atomic E-state index is 11.4. The molecule has 0 spiro atoms. The van der Waals surface area contributed by atoms with Crippen molar-refractivity contribution in [3.05, 3.63) is 23.7 Å². The van der Waals surface area contributed by atoms with Crippen molar-refractivity contribution in [2.75, 3.05) is 24.6 Å². The SMILES string of the molecule is Cc1cc(-c2cnc(N3CCC(C(N)=O)CC3)nc2[C@H]2CCCO2)on1. The van der Waals surface area contributed by atoms with E-state index < -0.39 is 0 Å². The minimum Gasteiger partial charge on any atom is -0.372 e. The van der Waals surface area contributed by atoms with Crippen LogP contribution in [0.1, 0.15) is 43.2 Å². The number of anilines is 1. The van der Waals surface area contributed by atoms with E-state index in [9.17, 15) is 4.79 Å². The molecule has 2 aliphatic heterocycles. The molecule has 0 unspecified atom stereocenters. The number of rotatable bonds is 4. The highest BCUT2D eigenvalue weighted by atomic mass is 16.5. The van der Waals surface area contributed by atoms with Gasteiger partial charge in [0.15, 0.2) is 5.76 Å². The van der Waals surface area contributed by atoms with Gasteiger partial charge in [-0.3, -0.25) is 4.79 Å². The standard InChI is InChI=1S/C18H23N5O3/c1-11-9-15(26-22-11)13-10-20-18(21-16(13)14-3-2-8-25-14)23-6-4-12(5-7-23)17(19)24/h9-10,12,14H,2-8H2,1H3,(H2,19,24)/t14-/m1/s1. The molecule has 0 aromatic carbocycles. The minimum absolute atomic E-state index is 0.0553. The Morgan fingerprint density at radius 1 is 1.31 bits per heavy atom. The predicted molar refractivity (Wildman–Crippen MR) is 94.3 cm³/mol. The molecule has 2 aliphatic rings. The molecular weight excluding hydrogens is 334 g/mol. The first-order valence-corrected chi connectivity index (χ1v) is 9.08. The molecule has 0 bridgehead atoms. The van der Waals surface area contributed by atoms with Crippen LogP contribution in [-0.2, 0) is 9.53 Å². The van der Waals surface area contributed by atoms with Crippen molar-refractivity contribution in [2.24, 2.45) is 11.7 Å². The Labute approximate surface area is 151 Å². The first-order chi connectivity index (χ1) is 12.6. The number of aryl methyl sites for hydroxylation is 1. The van der Waals surface area contributed by atoms with Gasteiger partial charge in [-0.1, -0.05) is 5.16 Å². The molecule has 2 aromatic heterocycles. The van der Waals surface area contributed by atoms with Crippen LogP contribution in [0, 0.1) is 12.8 Å². The first-order valence-electron chi connectivity index (χ1n) is 9.08. The highest BCUT2D eigenvalue weighted by Crippen LogP contribution is 2.35. The topological polar surface area (TPSA) is 107 Å². The smallest absolute Gasteiger partial charge is 0.225 e. The Kier molecular flexibility index (Phi) is 4.58. The lowest BCUT2D eigenvalue weighted by molar-refractivity contribution is -0.122. The molecule has 4 rings (SSSR count). The number of nitrogens with two attached hydrogens (primary N) is 1. The zero-order valence-electron chi connectivity index (χ0n) is 14.9. The quantitative estimate of drug-likeness (QED) is 0.891. The van der Waals surface area contributed by atoms with Crippen LogP contribution in [0.5, 0.6) is 0 Å². The summed E-state index contributed by atoms with van der Waals surface area (Å²) in [6.07, 6.45) is 5.15. The van der Waals surface area contributed by atoms with E-state index in [1.807, 2.05) is 13.0 Å². The van der Waals surface area contributed by atoms with Crippen LogP contribution in [0.3, 0.4) is 0 Å². The average molecular weight is 357 g/mol. The summed E-state index contributed by atoms with van der Waals surface area (Å²) in [5.74, 6) is 1.05. The van der Waals surface area contributed by atoms with Gasteiger partial charge in [-0.25, -0.2) is 9.97 Å². The van der Waals surface area contributed by atoms with Crippen LogP contribution in [-0.4, -0.2) is 40.7 Å². The molecule has 0 saturated carbocycles. The van der Waals surface area contributed by atoms with Crippen LogP contribution < -0.4 is 10.6 Å². The molecule has 2 aromatic rings. The number of hydrogen-bond donors (Lipinski definition) is 1. The van der Waals surface area contributed by atoms with Gasteiger partial charge in [0.1, 0.15) is 6.10 Å². The molecule has 0 aliphatic carbocycles. The lowest BCUT2D eigenvalue weighted by Crippen LogP contribution is -2.39. The van der Waals surface area contributed by atoms with Crippen LogP contribution in [0.4, 0.5) is 5.95 Å². The minimum atomic E-state index is -0.221. The normalized spacial score (nSPS) is 21.3. The second-order valence-corrected chi connectivity index (χ2v) is 6.97.